The summed E-state index contributed by atoms with van der Waals surface area (Å²) in [5.41, 5.74) is 1.41. The molecule has 1 aliphatic rings. The van der Waals surface area contributed by atoms with E-state index in [-0.39, 0.29) is 22.9 Å². The molecule has 1 saturated heterocycles. The third-order valence-electron chi connectivity index (χ3n) is 5.06. The van der Waals surface area contributed by atoms with E-state index in [0.29, 0.717) is 28.7 Å². The fourth-order valence-corrected chi connectivity index (χ4v) is 3.85. The molecule has 178 valence electrons. The lowest BCUT2D eigenvalue weighted by Gasteiger charge is -2.26. The summed E-state index contributed by atoms with van der Waals surface area (Å²) >= 11 is 12.4. The zero-order valence-electron chi connectivity index (χ0n) is 18.6. The van der Waals surface area contributed by atoms with E-state index in [1.807, 2.05) is 37.3 Å². The van der Waals surface area contributed by atoms with Gasteiger partial charge in [-0.3, -0.25) is 14.9 Å². The Morgan fingerprint density at radius 2 is 1.66 bits per heavy atom. The Morgan fingerprint density at radius 1 is 0.943 bits per heavy atom. The van der Waals surface area contributed by atoms with Crippen molar-refractivity contribution in [2.75, 3.05) is 11.5 Å². The summed E-state index contributed by atoms with van der Waals surface area (Å²) in [5.74, 6) is -0.891. The highest BCUT2D eigenvalue weighted by atomic mass is 35.5. The second kappa shape index (κ2) is 10.6. The zero-order valence-corrected chi connectivity index (χ0v) is 20.1. The summed E-state index contributed by atoms with van der Waals surface area (Å²) in [6.45, 7) is 2.43. The molecule has 1 heterocycles. The van der Waals surface area contributed by atoms with Crippen LogP contribution in [-0.2, 0) is 16.2 Å². The molecule has 1 aliphatic heterocycles. The number of carbonyl (C=O) groups is 3. The molecule has 4 rings (SSSR count). The van der Waals surface area contributed by atoms with Crippen molar-refractivity contribution in [3.63, 3.8) is 0 Å². The van der Waals surface area contributed by atoms with E-state index in [9.17, 15) is 14.4 Å². The molecule has 0 unspecified atom stereocenters. The van der Waals surface area contributed by atoms with Gasteiger partial charge in [0.25, 0.3) is 11.8 Å². The average Bonchev–Trinajstić information content (AvgIpc) is 2.83. The fraction of sp³-hybridized carbons (Fsp3) is 0.115. The van der Waals surface area contributed by atoms with Crippen LogP contribution in [0.4, 0.5) is 10.5 Å². The summed E-state index contributed by atoms with van der Waals surface area (Å²) in [7, 11) is 0. The largest absolute Gasteiger partial charge is 0.490 e. The monoisotopic (exact) mass is 510 g/mol. The van der Waals surface area contributed by atoms with Gasteiger partial charge in [-0.2, -0.15) is 0 Å². The van der Waals surface area contributed by atoms with E-state index in [4.69, 9.17) is 32.7 Å². The van der Waals surface area contributed by atoms with Crippen LogP contribution in [0.1, 0.15) is 18.1 Å². The van der Waals surface area contributed by atoms with E-state index < -0.39 is 17.8 Å². The van der Waals surface area contributed by atoms with Crippen molar-refractivity contribution >= 4 is 52.8 Å². The van der Waals surface area contributed by atoms with Gasteiger partial charge in [-0.25, -0.2) is 9.69 Å². The van der Waals surface area contributed by atoms with Gasteiger partial charge in [-0.1, -0.05) is 53.5 Å². The minimum Gasteiger partial charge on any atom is -0.490 e. The van der Waals surface area contributed by atoms with Crippen molar-refractivity contribution < 1.29 is 23.9 Å². The molecule has 0 aromatic heterocycles. The lowest BCUT2D eigenvalue weighted by molar-refractivity contribution is -0.122. The van der Waals surface area contributed by atoms with Gasteiger partial charge in [0, 0.05) is 5.02 Å². The van der Waals surface area contributed by atoms with Crippen LogP contribution in [0, 0.1) is 0 Å². The second-order valence-electron chi connectivity index (χ2n) is 7.47. The Hall–Kier alpha value is -3.81. The third-order valence-corrected chi connectivity index (χ3v) is 5.59. The maximum absolute atomic E-state index is 13.1. The number of rotatable bonds is 7. The molecule has 7 nitrogen and oxygen atoms in total. The molecule has 3 aromatic rings. The fourth-order valence-electron chi connectivity index (χ4n) is 3.45. The second-order valence-corrected chi connectivity index (χ2v) is 8.32. The van der Waals surface area contributed by atoms with E-state index in [1.165, 1.54) is 18.2 Å². The highest BCUT2D eigenvalue weighted by molar-refractivity contribution is 6.39. The Balaban J connectivity index is 1.66. The zero-order chi connectivity index (χ0) is 24.9. The Morgan fingerprint density at radius 3 is 2.34 bits per heavy atom. The summed E-state index contributed by atoms with van der Waals surface area (Å²) in [6.07, 6.45) is 1.35. The van der Waals surface area contributed by atoms with Gasteiger partial charge >= 0.3 is 6.03 Å². The number of barbiturate groups is 1. The number of amides is 4. The van der Waals surface area contributed by atoms with Crippen molar-refractivity contribution in [3.05, 3.63) is 93.5 Å². The van der Waals surface area contributed by atoms with Crippen LogP contribution in [0.2, 0.25) is 10.0 Å². The first-order valence-corrected chi connectivity index (χ1v) is 11.4. The SMILES string of the molecule is CCOc1cc(/C=C2/C(=O)NC(=O)N(c3ccc(Cl)cc3)C2=O)cc(Cl)c1OCc1ccccc1. The first-order valence-electron chi connectivity index (χ1n) is 10.7. The molecule has 3 aromatic carbocycles. The van der Waals surface area contributed by atoms with Crippen LogP contribution in [-0.4, -0.2) is 24.5 Å². The van der Waals surface area contributed by atoms with Gasteiger partial charge in [0.2, 0.25) is 0 Å². The van der Waals surface area contributed by atoms with E-state index >= 15 is 0 Å². The molecule has 1 N–H and O–H groups in total. The van der Waals surface area contributed by atoms with Gasteiger partial charge in [-0.15, -0.1) is 0 Å². The first-order chi connectivity index (χ1) is 16.9. The number of nitrogens with zero attached hydrogens (tertiary/aromatic N) is 1. The quantitative estimate of drug-likeness (QED) is 0.328. The predicted molar refractivity (Wildman–Crippen MR) is 134 cm³/mol. The maximum atomic E-state index is 13.1. The highest BCUT2D eigenvalue weighted by Gasteiger charge is 2.36. The maximum Gasteiger partial charge on any atom is 0.335 e. The molecule has 35 heavy (non-hydrogen) atoms. The topological polar surface area (TPSA) is 84.9 Å². The molecular weight excluding hydrogens is 491 g/mol. The Labute approximate surface area is 211 Å². The minimum absolute atomic E-state index is 0.240. The number of hydrogen-bond acceptors (Lipinski definition) is 5. The standard InChI is InChI=1S/C26H20Cl2N2O5/c1-2-34-22-14-17(13-21(28)23(22)35-15-16-6-4-3-5-7-16)12-20-24(31)29-26(33)30(25(20)32)19-10-8-18(27)9-11-19/h3-14H,2,15H2,1H3,(H,29,31,33)/b20-12-. The van der Waals surface area contributed by atoms with Crippen LogP contribution < -0.4 is 19.7 Å². The molecule has 0 radical (unpaired) electrons. The molecule has 0 atom stereocenters. The molecule has 0 aliphatic carbocycles. The Bertz CT molecular complexity index is 1310. The summed E-state index contributed by atoms with van der Waals surface area (Å²) in [6, 6.07) is 18.0. The van der Waals surface area contributed by atoms with Crippen LogP contribution >= 0.6 is 23.2 Å². The Kier molecular flexibility index (Phi) is 7.39. The number of carbonyl (C=O) groups excluding carboxylic acids is 3. The number of benzene rings is 3. The molecule has 9 heteroatoms. The minimum atomic E-state index is -0.850. The summed E-state index contributed by atoms with van der Waals surface area (Å²) in [5, 5.41) is 2.87. The average molecular weight is 511 g/mol. The number of hydrogen-bond donors (Lipinski definition) is 1. The van der Waals surface area contributed by atoms with Gasteiger partial charge in [0.15, 0.2) is 11.5 Å². The van der Waals surface area contributed by atoms with Crippen molar-refractivity contribution in [2.24, 2.45) is 0 Å². The number of imide groups is 2. The normalized spacial score (nSPS) is 14.8. The van der Waals surface area contributed by atoms with Crippen LogP contribution in [0.3, 0.4) is 0 Å². The van der Waals surface area contributed by atoms with Crippen molar-refractivity contribution in [3.8, 4) is 11.5 Å². The number of ether oxygens (including phenoxy) is 2. The number of halogens is 2. The van der Waals surface area contributed by atoms with Crippen molar-refractivity contribution in [1.29, 1.82) is 0 Å². The van der Waals surface area contributed by atoms with Gasteiger partial charge in [0.1, 0.15) is 12.2 Å². The van der Waals surface area contributed by atoms with Crippen molar-refractivity contribution in [1.82, 2.24) is 5.32 Å². The molecule has 0 bridgehead atoms. The summed E-state index contributed by atoms with van der Waals surface area (Å²) < 4.78 is 11.6. The third kappa shape index (κ3) is 5.48. The van der Waals surface area contributed by atoms with Crippen LogP contribution in [0.5, 0.6) is 11.5 Å². The van der Waals surface area contributed by atoms with Crippen molar-refractivity contribution in [2.45, 2.75) is 13.5 Å². The first kappa shape index (κ1) is 24.3. The molecule has 1 fully saturated rings. The van der Waals surface area contributed by atoms with Gasteiger partial charge in [-0.05, 0) is 60.5 Å². The lowest BCUT2D eigenvalue weighted by Crippen LogP contribution is -2.54. The van der Waals surface area contributed by atoms with E-state index in [2.05, 4.69) is 5.32 Å². The lowest BCUT2D eigenvalue weighted by atomic mass is 10.1. The molecular formula is C26H20Cl2N2O5. The highest BCUT2D eigenvalue weighted by Crippen LogP contribution is 2.38. The number of anilines is 1. The van der Waals surface area contributed by atoms with Gasteiger partial charge in [0.05, 0.1) is 17.3 Å². The van der Waals surface area contributed by atoms with E-state index in [0.717, 1.165) is 10.5 Å². The van der Waals surface area contributed by atoms with Crippen LogP contribution in [0.15, 0.2) is 72.3 Å². The molecule has 4 amide bonds. The van der Waals surface area contributed by atoms with E-state index in [1.54, 1.807) is 24.3 Å². The van der Waals surface area contributed by atoms with Gasteiger partial charge < -0.3 is 9.47 Å². The number of urea groups is 1. The number of nitrogens with one attached hydrogen (secondary N) is 1. The molecule has 0 saturated carbocycles. The predicted octanol–water partition coefficient (Wildman–Crippen LogP) is 5.64. The molecule has 0 spiro atoms. The smallest absolute Gasteiger partial charge is 0.335 e. The van der Waals surface area contributed by atoms with Crippen LogP contribution in [0.25, 0.3) is 6.08 Å². The summed E-state index contributed by atoms with van der Waals surface area (Å²) in [4.78, 5) is 38.9.